The number of amides is 1. The van der Waals surface area contributed by atoms with E-state index >= 15 is 0 Å². The van der Waals surface area contributed by atoms with Crippen LogP contribution in [0, 0.1) is 0 Å². The van der Waals surface area contributed by atoms with Crippen LogP contribution in [0.2, 0.25) is 0 Å². The van der Waals surface area contributed by atoms with Gasteiger partial charge in [0.25, 0.3) is 5.91 Å². The van der Waals surface area contributed by atoms with E-state index in [4.69, 9.17) is 10.1 Å². The molecule has 0 radical (unpaired) electrons. The van der Waals surface area contributed by atoms with Crippen LogP contribution in [0.3, 0.4) is 0 Å². The van der Waals surface area contributed by atoms with Crippen molar-refractivity contribution >= 4 is 28.6 Å². The van der Waals surface area contributed by atoms with Crippen molar-refractivity contribution in [1.29, 1.82) is 0 Å². The highest BCUT2D eigenvalue weighted by Crippen LogP contribution is 2.32. The van der Waals surface area contributed by atoms with E-state index in [1.807, 2.05) is 20.2 Å². The zero-order valence-corrected chi connectivity index (χ0v) is 18.4. The van der Waals surface area contributed by atoms with Gasteiger partial charge >= 0.3 is 5.97 Å². The highest BCUT2D eigenvalue weighted by atomic mass is 16.4. The van der Waals surface area contributed by atoms with Crippen LogP contribution in [0.15, 0.2) is 24.4 Å². The summed E-state index contributed by atoms with van der Waals surface area (Å²) in [7, 11) is 1.88. The topological polar surface area (TPSA) is 122 Å². The fraction of sp³-hybridized carbons (Fsp3) is 0.435. The molecule has 3 heterocycles. The molecular weight excluding hydrogens is 408 g/mol. The van der Waals surface area contributed by atoms with Gasteiger partial charge in [0.1, 0.15) is 11.4 Å². The standard InChI is InChI=1S/C23H28N6O3/c1-3-17-15(12-24-22(30)18-10-7-11-19(27-18)23(31)32)20(26-14-8-5-4-6-9-14)16-13-25-29(2)21(16)28-17/h7,10-11,13-14H,3-6,8-9,12H2,1-2H3,(H,24,30)(H,26,28)(H,31,32). The first-order chi connectivity index (χ1) is 15.5. The van der Waals surface area contributed by atoms with E-state index < -0.39 is 11.9 Å². The number of anilines is 1. The molecule has 4 rings (SSSR count). The van der Waals surface area contributed by atoms with E-state index in [1.165, 1.54) is 37.5 Å². The van der Waals surface area contributed by atoms with Gasteiger partial charge in [-0.25, -0.2) is 14.8 Å². The number of aromatic carboxylic acids is 1. The molecule has 0 atom stereocenters. The van der Waals surface area contributed by atoms with Crippen LogP contribution in [0.5, 0.6) is 0 Å². The van der Waals surface area contributed by atoms with E-state index in [1.54, 1.807) is 4.68 Å². The van der Waals surface area contributed by atoms with Gasteiger partial charge in [-0.15, -0.1) is 0 Å². The Balaban J connectivity index is 1.65. The van der Waals surface area contributed by atoms with Crippen LogP contribution in [-0.2, 0) is 20.0 Å². The maximum absolute atomic E-state index is 12.7. The number of carboxylic acids is 1. The third kappa shape index (κ3) is 4.42. The third-order valence-electron chi connectivity index (χ3n) is 5.98. The van der Waals surface area contributed by atoms with Gasteiger partial charge in [0.05, 0.1) is 17.3 Å². The molecule has 0 unspecified atom stereocenters. The molecule has 168 valence electrons. The highest BCUT2D eigenvalue weighted by Gasteiger charge is 2.22. The van der Waals surface area contributed by atoms with Crippen molar-refractivity contribution in [3.05, 3.63) is 47.0 Å². The zero-order valence-electron chi connectivity index (χ0n) is 18.4. The van der Waals surface area contributed by atoms with Crippen molar-refractivity contribution in [3.63, 3.8) is 0 Å². The van der Waals surface area contributed by atoms with Crippen LogP contribution in [-0.4, -0.2) is 42.8 Å². The third-order valence-corrected chi connectivity index (χ3v) is 5.98. The molecule has 1 saturated carbocycles. The number of fused-ring (bicyclic) bond motifs is 1. The fourth-order valence-corrected chi connectivity index (χ4v) is 4.28. The molecule has 0 spiro atoms. The predicted octanol–water partition coefficient (Wildman–Crippen LogP) is 3.30. The van der Waals surface area contributed by atoms with E-state index in [0.717, 1.165) is 40.8 Å². The lowest BCUT2D eigenvalue weighted by Gasteiger charge is -2.26. The number of nitrogens with one attached hydrogen (secondary N) is 2. The Morgan fingerprint density at radius 1 is 1.16 bits per heavy atom. The summed E-state index contributed by atoms with van der Waals surface area (Å²) in [4.78, 5) is 32.7. The molecular formula is C23H28N6O3. The number of hydrogen-bond acceptors (Lipinski definition) is 6. The number of rotatable bonds is 7. The molecule has 0 aliphatic heterocycles. The van der Waals surface area contributed by atoms with Crippen molar-refractivity contribution < 1.29 is 14.7 Å². The Morgan fingerprint density at radius 2 is 1.91 bits per heavy atom. The van der Waals surface area contributed by atoms with E-state index in [-0.39, 0.29) is 17.9 Å². The van der Waals surface area contributed by atoms with Gasteiger partial charge in [0, 0.05) is 30.9 Å². The minimum absolute atomic E-state index is 0.0696. The van der Waals surface area contributed by atoms with Crippen LogP contribution in [0.1, 0.15) is 71.3 Å². The average Bonchev–Trinajstić information content (AvgIpc) is 3.19. The summed E-state index contributed by atoms with van der Waals surface area (Å²) >= 11 is 0. The lowest BCUT2D eigenvalue weighted by atomic mass is 9.94. The number of hydrogen-bond donors (Lipinski definition) is 3. The van der Waals surface area contributed by atoms with Crippen molar-refractivity contribution in [2.45, 2.75) is 58.0 Å². The summed E-state index contributed by atoms with van der Waals surface area (Å²) in [5.74, 6) is -1.59. The molecule has 0 saturated heterocycles. The molecule has 3 N–H and O–H groups in total. The van der Waals surface area contributed by atoms with E-state index in [9.17, 15) is 9.59 Å². The minimum atomic E-state index is -1.17. The summed E-state index contributed by atoms with van der Waals surface area (Å²) in [6, 6.07) is 4.76. The van der Waals surface area contributed by atoms with Gasteiger partial charge in [-0.2, -0.15) is 5.10 Å². The number of carbonyl (C=O) groups is 2. The van der Waals surface area contributed by atoms with Crippen LogP contribution < -0.4 is 10.6 Å². The van der Waals surface area contributed by atoms with Crippen molar-refractivity contribution in [3.8, 4) is 0 Å². The Labute approximate surface area is 186 Å². The highest BCUT2D eigenvalue weighted by molar-refractivity contribution is 5.95. The quantitative estimate of drug-likeness (QED) is 0.519. The van der Waals surface area contributed by atoms with Gasteiger partial charge < -0.3 is 15.7 Å². The summed E-state index contributed by atoms with van der Waals surface area (Å²) < 4.78 is 1.77. The number of carbonyl (C=O) groups excluding carboxylic acids is 1. The first-order valence-electron chi connectivity index (χ1n) is 11.1. The lowest BCUT2D eigenvalue weighted by molar-refractivity contribution is 0.0690. The van der Waals surface area contributed by atoms with Crippen LogP contribution in [0.4, 0.5) is 5.69 Å². The SMILES string of the molecule is CCc1nc2c(cnn2C)c(NC2CCCCC2)c1CNC(=O)c1cccc(C(=O)O)n1. The monoisotopic (exact) mass is 436 g/mol. The molecule has 0 aromatic carbocycles. The first-order valence-corrected chi connectivity index (χ1v) is 11.1. The van der Waals surface area contributed by atoms with Gasteiger partial charge in [-0.1, -0.05) is 32.3 Å². The number of nitrogens with zero attached hydrogens (tertiary/aromatic N) is 4. The maximum Gasteiger partial charge on any atom is 0.354 e. The zero-order chi connectivity index (χ0) is 22.7. The molecule has 9 nitrogen and oxygen atoms in total. The number of carboxylic acid groups (broad SMARTS) is 1. The summed E-state index contributed by atoms with van der Waals surface area (Å²) in [5.41, 5.74) is 3.52. The Kier molecular flexibility index (Phi) is 6.34. The summed E-state index contributed by atoms with van der Waals surface area (Å²) in [6.45, 7) is 2.30. The lowest BCUT2D eigenvalue weighted by Crippen LogP contribution is -2.28. The second-order valence-corrected chi connectivity index (χ2v) is 8.15. The Hall–Kier alpha value is -3.49. The second kappa shape index (κ2) is 9.33. The molecule has 32 heavy (non-hydrogen) atoms. The predicted molar refractivity (Wildman–Crippen MR) is 121 cm³/mol. The van der Waals surface area contributed by atoms with Crippen LogP contribution in [0.25, 0.3) is 11.0 Å². The molecule has 3 aromatic heterocycles. The normalized spacial score (nSPS) is 14.4. The molecule has 1 aliphatic rings. The minimum Gasteiger partial charge on any atom is -0.477 e. The van der Waals surface area contributed by atoms with Crippen molar-refractivity contribution in [2.75, 3.05) is 5.32 Å². The number of pyridine rings is 2. The first kappa shape index (κ1) is 21.7. The Bertz CT molecular complexity index is 1150. The number of aryl methyl sites for hydroxylation is 2. The van der Waals surface area contributed by atoms with Crippen LogP contribution >= 0.6 is 0 Å². The molecule has 1 aliphatic carbocycles. The molecule has 3 aromatic rings. The van der Waals surface area contributed by atoms with Gasteiger partial charge in [-0.3, -0.25) is 9.48 Å². The fourth-order valence-electron chi connectivity index (χ4n) is 4.28. The van der Waals surface area contributed by atoms with Crippen molar-refractivity contribution in [2.24, 2.45) is 7.05 Å². The molecule has 9 heteroatoms. The maximum atomic E-state index is 12.7. The largest absolute Gasteiger partial charge is 0.477 e. The van der Waals surface area contributed by atoms with E-state index in [2.05, 4.69) is 20.7 Å². The van der Waals surface area contributed by atoms with E-state index in [0.29, 0.717) is 12.5 Å². The Morgan fingerprint density at radius 3 is 2.62 bits per heavy atom. The van der Waals surface area contributed by atoms with Gasteiger partial charge in [0.15, 0.2) is 5.65 Å². The molecule has 1 fully saturated rings. The molecule has 0 bridgehead atoms. The molecule has 1 amide bonds. The van der Waals surface area contributed by atoms with Gasteiger partial charge in [0.2, 0.25) is 0 Å². The number of aromatic nitrogens is 4. The van der Waals surface area contributed by atoms with Crippen molar-refractivity contribution in [1.82, 2.24) is 25.1 Å². The second-order valence-electron chi connectivity index (χ2n) is 8.15. The average molecular weight is 437 g/mol. The summed E-state index contributed by atoms with van der Waals surface area (Å²) in [5, 5.41) is 21.1. The van der Waals surface area contributed by atoms with Gasteiger partial charge in [-0.05, 0) is 31.4 Å². The smallest absolute Gasteiger partial charge is 0.354 e. The summed E-state index contributed by atoms with van der Waals surface area (Å²) in [6.07, 6.45) is 8.43.